The zero-order valence-corrected chi connectivity index (χ0v) is 15.9. The van der Waals surface area contributed by atoms with Gasteiger partial charge in [0.1, 0.15) is 5.75 Å². The minimum Gasteiger partial charge on any atom is -0.494 e. The molecule has 0 unspecified atom stereocenters. The molecular formula is C18H24BrN3O2. The number of H-pyrrole nitrogens is 1. The number of aromatic amines is 1. The van der Waals surface area contributed by atoms with Crippen molar-refractivity contribution in [1.29, 1.82) is 0 Å². The molecule has 0 spiro atoms. The van der Waals surface area contributed by atoms with E-state index < -0.39 is 0 Å². The Hall–Kier alpha value is -1.82. The molecule has 5 nitrogen and oxygen atoms in total. The van der Waals surface area contributed by atoms with Crippen LogP contribution in [0.4, 0.5) is 0 Å². The van der Waals surface area contributed by atoms with E-state index in [0.29, 0.717) is 18.8 Å². The van der Waals surface area contributed by atoms with Crippen LogP contribution in [0, 0.1) is 6.92 Å². The Bertz CT molecular complexity index is 665. The van der Waals surface area contributed by atoms with Gasteiger partial charge in [0.15, 0.2) is 5.69 Å². The van der Waals surface area contributed by atoms with E-state index >= 15 is 0 Å². The molecule has 1 amide bonds. The highest BCUT2D eigenvalue weighted by Crippen LogP contribution is 2.25. The number of ether oxygens (including phenoxy) is 1. The third-order valence-corrected chi connectivity index (χ3v) is 4.47. The van der Waals surface area contributed by atoms with Crippen LogP contribution in [0.2, 0.25) is 0 Å². The Balaban J connectivity index is 1.67. The van der Waals surface area contributed by atoms with E-state index in [1.54, 1.807) is 0 Å². The Morgan fingerprint density at radius 2 is 2.00 bits per heavy atom. The van der Waals surface area contributed by atoms with Crippen LogP contribution in [0.3, 0.4) is 0 Å². The van der Waals surface area contributed by atoms with Crippen LogP contribution in [-0.4, -0.2) is 29.3 Å². The second-order valence-corrected chi connectivity index (χ2v) is 6.87. The van der Waals surface area contributed by atoms with Crippen LogP contribution < -0.4 is 10.1 Å². The number of carbonyl (C=O) groups is 1. The van der Waals surface area contributed by atoms with Crippen molar-refractivity contribution in [2.45, 2.75) is 39.5 Å². The third kappa shape index (κ3) is 5.09. The number of halogens is 1. The van der Waals surface area contributed by atoms with E-state index in [0.717, 1.165) is 28.8 Å². The lowest BCUT2D eigenvalue weighted by molar-refractivity contribution is 0.0946. The number of aryl methyl sites for hydroxylation is 1. The topological polar surface area (TPSA) is 67.0 Å². The molecule has 0 aliphatic heterocycles. The first-order valence-electron chi connectivity index (χ1n) is 8.20. The third-order valence-electron chi connectivity index (χ3n) is 3.67. The van der Waals surface area contributed by atoms with Crippen molar-refractivity contribution in [3.63, 3.8) is 0 Å². The van der Waals surface area contributed by atoms with E-state index in [1.807, 2.05) is 45.0 Å². The lowest BCUT2D eigenvalue weighted by Crippen LogP contribution is -2.25. The van der Waals surface area contributed by atoms with Crippen LogP contribution >= 0.6 is 15.9 Å². The van der Waals surface area contributed by atoms with Gasteiger partial charge in [-0.2, -0.15) is 5.10 Å². The van der Waals surface area contributed by atoms with E-state index in [2.05, 4.69) is 31.4 Å². The number of carbonyl (C=O) groups excluding carboxylic acids is 1. The first kappa shape index (κ1) is 18.5. The molecule has 2 N–H and O–H groups in total. The molecule has 0 saturated carbocycles. The van der Waals surface area contributed by atoms with E-state index in [1.165, 1.54) is 5.56 Å². The fraction of sp³-hybridized carbons (Fsp3) is 0.444. The quantitative estimate of drug-likeness (QED) is 0.660. The zero-order chi connectivity index (χ0) is 17.5. The SMILES string of the molecule is Cc1ccc(OCCCCNC(=O)c2n[nH]c(C(C)C)c2Br)cc1. The Morgan fingerprint density at radius 1 is 1.29 bits per heavy atom. The number of rotatable bonds is 8. The molecule has 130 valence electrons. The molecule has 0 atom stereocenters. The number of hydrogen-bond donors (Lipinski definition) is 2. The summed E-state index contributed by atoms with van der Waals surface area (Å²) in [4.78, 5) is 12.1. The van der Waals surface area contributed by atoms with Crippen molar-refractivity contribution in [2.75, 3.05) is 13.2 Å². The molecule has 0 saturated heterocycles. The first-order valence-corrected chi connectivity index (χ1v) is 8.99. The molecule has 0 aliphatic carbocycles. The summed E-state index contributed by atoms with van der Waals surface area (Å²) in [7, 11) is 0. The first-order chi connectivity index (χ1) is 11.5. The standard InChI is InChI=1S/C18H24BrN3O2/c1-12(2)16-15(19)17(22-21-16)18(23)20-10-4-5-11-24-14-8-6-13(3)7-9-14/h6-9,12H,4-5,10-11H2,1-3H3,(H,20,23)(H,21,22). The highest BCUT2D eigenvalue weighted by Gasteiger charge is 2.18. The number of benzene rings is 1. The van der Waals surface area contributed by atoms with Gasteiger partial charge in [-0.05, 0) is 53.7 Å². The van der Waals surface area contributed by atoms with Crippen molar-refractivity contribution in [3.8, 4) is 5.75 Å². The van der Waals surface area contributed by atoms with Gasteiger partial charge in [0, 0.05) is 6.54 Å². The van der Waals surface area contributed by atoms with E-state index in [9.17, 15) is 4.79 Å². The van der Waals surface area contributed by atoms with Gasteiger partial charge in [-0.1, -0.05) is 31.5 Å². The maximum absolute atomic E-state index is 12.1. The molecule has 0 aliphatic rings. The molecule has 1 heterocycles. The van der Waals surface area contributed by atoms with Crippen LogP contribution in [0.1, 0.15) is 54.4 Å². The van der Waals surface area contributed by atoms with Gasteiger partial charge in [-0.25, -0.2) is 0 Å². The molecule has 0 fully saturated rings. The molecule has 2 aromatic rings. The van der Waals surface area contributed by atoms with Crippen molar-refractivity contribution in [3.05, 3.63) is 45.7 Å². The maximum atomic E-state index is 12.1. The molecule has 24 heavy (non-hydrogen) atoms. The van der Waals surface area contributed by atoms with Crippen LogP contribution in [0.15, 0.2) is 28.7 Å². The monoisotopic (exact) mass is 393 g/mol. The zero-order valence-electron chi connectivity index (χ0n) is 14.4. The van der Waals surface area contributed by atoms with Gasteiger partial charge in [0.2, 0.25) is 0 Å². The summed E-state index contributed by atoms with van der Waals surface area (Å²) in [5.41, 5.74) is 2.57. The normalized spacial score (nSPS) is 10.9. The van der Waals surface area contributed by atoms with E-state index in [4.69, 9.17) is 4.74 Å². The molecule has 0 radical (unpaired) electrons. The van der Waals surface area contributed by atoms with Gasteiger partial charge in [-0.15, -0.1) is 0 Å². The summed E-state index contributed by atoms with van der Waals surface area (Å²) in [5.74, 6) is 1.00. The lowest BCUT2D eigenvalue weighted by Gasteiger charge is -2.07. The molecule has 1 aromatic heterocycles. The predicted octanol–water partition coefficient (Wildman–Crippen LogP) is 4.19. The molecule has 2 rings (SSSR count). The van der Waals surface area contributed by atoms with Crippen LogP contribution in [0.25, 0.3) is 0 Å². The fourth-order valence-electron chi connectivity index (χ4n) is 2.21. The lowest BCUT2D eigenvalue weighted by atomic mass is 10.1. The van der Waals surface area contributed by atoms with Crippen molar-refractivity contribution >= 4 is 21.8 Å². The largest absolute Gasteiger partial charge is 0.494 e. The number of amides is 1. The Labute approximate surface area is 151 Å². The molecule has 0 bridgehead atoms. The van der Waals surface area contributed by atoms with Crippen molar-refractivity contribution < 1.29 is 9.53 Å². The number of aromatic nitrogens is 2. The summed E-state index contributed by atoms with van der Waals surface area (Å²) in [5, 5.41) is 9.89. The number of hydrogen-bond acceptors (Lipinski definition) is 3. The van der Waals surface area contributed by atoms with E-state index in [-0.39, 0.29) is 11.8 Å². The molecule has 6 heteroatoms. The van der Waals surface area contributed by atoms with Crippen LogP contribution in [-0.2, 0) is 0 Å². The molecular weight excluding hydrogens is 370 g/mol. The van der Waals surface area contributed by atoms with Gasteiger partial charge < -0.3 is 10.1 Å². The van der Waals surface area contributed by atoms with Gasteiger partial charge >= 0.3 is 0 Å². The number of unbranched alkanes of at least 4 members (excludes halogenated alkanes) is 1. The minimum atomic E-state index is -0.163. The predicted molar refractivity (Wildman–Crippen MR) is 98.6 cm³/mol. The highest BCUT2D eigenvalue weighted by molar-refractivity contribution is 9.10. The van der Waals surface area contributed by atoms with Crippen LogP contribution in [0.5, 0.6) is 5.75 Å². The summed E-state index contributed by atoms with van der Waals surface area (Å²) in [6, 6.07) is 8.00. The van der Waals surface area contributed by atoms with Gasteiger partial charge in [0.25, 0.3) is 5.91 Å². The smallest absolute Gasteiger partial charge is 0.272 e. The Kier molecular flexibility index (Phi) is 6.85. The highest BCUT2D eigenvalue weighted by atomic mass is 79.9. The number of nitrogens with one attached hydrogen (secondary N) is 2. The second-order valence-electron chi connectivity index (χ2n) is 6.08. The average molecular weight is 394 g/mol. The summed E-state index contributed by atoms with van der Waals surface area (Å²) < 4.78 is 6.41. The minimum absolute atomic E-state index is 0.163. The van der Waals surface area contributed by atoms with Crippen molar-refractivity contribution in [2.24, 2.45) is 0 Å². The summed E-state index contributed by atoms with van der Waals surface area (Å²) in [6.45, 7) is 7.39. The average Bonchev–Trinajstić information content (AvgIpc) is 2.94. The second kappa shape index (κ2) is 8.87. The van der Waals surface area contributed by atoms with Gasteiger partial charge in [0.05, 0.1) is 16.8 Å². The van der Waals surface area contributed by atoms with Gasteiger partial charge in [-0.3, -0.25) is 9.89 Å². The van der Waals surface area contributed by atoms with Crippen molar-refractivity contribution in [1.82, 2.24) is 15.5 Å². The molecule has 1 aromatic carbocycles. The Morgan fingerprint density at radius 3 is 2.62 bits per heavy atom. The fourth-order valence-corrected chi connectivity index (χ4v) is 3.03. The maximum Gasteiger partial charge on any atom is 0.272 e. The summed E-state index contributed by atoms with van der Waals surface area (Å²) >= 11 is 3.44. The summed E-state index contributed by atoms with van der Waals surface area (Å²) in [6.07, 6.45) is 1.74. The number of nitrogens with zero attached hydrogens (tertiary/aromatic N) is 1.